The first-order valence-electron chi connectivity index (χ1n) is 2.49. The monoisotopic (exact) mass is 152 g/mol. The molecule has 1 amide bonds. The predicted molar refractivity (Wildman–Crippen MR) is 39.0 cm³/mol. The summed E-state index contributed by atoms with van der Waals surface area (Å²) in [6.45, 7) is 5.40. The molecule has 3 N–H and O–H groups in total. The molecule has 4 heteroatoms. The molecule has 0 aliphatic carbocycles. The van der Waals surface area contributed by atoms with Gasteiger partial charge in [0.05, 0.1) is 0 Å². The minimum atomic E-state index is -0.366. The highest BCUT2D eigenvalue weighted by Gasteiger charge is 2.19. The second-order valence-corrected chi connectivity index (χ2v) is 2.72. The number of hydrogen-bond acceptors (Lipinski definition) is 2. The summed E-state index contributed by atoms with van der Waals surface area (Å²) in [5, 5.41) is 0. The fourth-order valence-corrected chi connectivity index (χ4v) is 0.217. The van der Waals surface area contributed by atoms with Crippen molar-refractivity contribution < 1.29 is 4.79 Å². The van der Waals surface area contributed by atoms with Crippen LogP contribution in [0.2, 0.25) is 0 Å². The van der Waals surface area contributed by atoms with E-state index in [0.717, 1.165) is 0 Å². The van der Waals surface area contributed by atoms with Crippen LogP contribution in [0.5, 0.6) is 0 Å². The molecule has 0 aromatic heterocycles. The van der Waals surface area contributed by atoms with E-state index >= 15 is 0 Å². The summed E-state index contributed by atoms with van der Waals surface area (Å²) >= 11 is 0. The Morgan fingerprint density at radius 2 is 1.78 bits per heavy atom. The summed E-state index contributed by atoms with van der Waals surface area (Å²) in [6.07, 6.45) is 0. The quantitative estimate of drug-likeness (QED) is 0.301. The van der Waals surface area contributed by atoms with Crippen LogP contribution in [-0.2, 0) is 4.79 Å². The number of carbonyl (C=O) groups is 1. The molecule has 0 bridgehead atoms. The van der Waals surface area contributed by atoms with Gasteiger partial charge in [-0.2, -0.15) is 0 Å². The molecule has 0 aliphatic heterocycles. The zero-order valence-corrected chi connectivity index (χ0v) is 6.71. The van der Waals surface area contributed by atoms with Crippen LogP contribution in [0.1, 0.15) is 20.8 Å². The zero-order valence-electron chi connectivity index (χ0n) is 5.89. The maximum absolute atomic E-state index is 10.6. The molecule has 0 heterocycles. The van der Waals surface area contributed by atoms with Gasteiger partial charge in [0, 0.05) is 5.41 Å². The molecule has 0 saturated heterocycles. The minimum Gasteiger partial charge on any atom is -0.294 e. The number of carbonyl (C=O) groups excluding carboxylic acids is 1. The lowest BCUT2D eigenvalue weighted by Gasteiger charge is -2.14. The molecule has 3 nitrogen and oxygen atoms in total. The maximum Gasteiger partial charge on any atom is 0.239 e. The van der Waals surface area contributed by atoms with Crippen molar-refractivity contribution >= 4 is 18.3 Å². The second kappa shape index (κ2) is 3.69. The van der Waals surface area contributed by atoms with Crippen LogP contribution in [-0.4, -0.2) is 5.91 Å². The number of nitrogens with one attached hydrogen (secondary N) is 1. The van der Waals surface area contributed by atoms with Gasteiger partial charge in [-0.15, -0.1) is 12.4 Å². The number of rotatable bonds is 0. The predicted octanol–water partition coefficient (Wildman–Crippen LogP) is 0.444. The largest absolute Gasteiger partial charge is 0.294 e. The van der Waals surface area contributed by atoms with Gasteiger partial charge in [-0.05, 0) is 0 Å². The molecule has 0 aromatic carbocycles. The van der Waals surface area contributed by atoms with Gasteiger partial charge < -0.3 is 0 Å². The summed E-state index contributed by atoms with van der Waals surface area (Å²) in [4.78, 5) is 10.6. The van der Waals surface area contributed by atoms with Crippen LogP contribution in [0.3, 0.4) is 0 Å². The van der Waals surface area contributed by atoms with E-state index in [2.05, 4.69) is 5.43 Å². The van der Waals surface area contributed by atoms with Gasteiger partial charge in [-0.3, -0.25) is 10.2 Å². The highest BCUT2D eigenvalue weighted by atomic mass is 35.5. The van der Waals surface area contributed by atoms with Crippen molar-refractivity contribution in [3.63, 3.8) is 0 Å². The summed E-state index contributed by atoms with van der Waals surface area (Å²) in [5.74, 6) is 4.72. The van der Waals surface area contributed by atoms with Crippen molar-refractivity contribution in [3.8, 4) is 0 Å². The summed E-state index contributed by atoms with van der Waals surface area (Å²) in [5.41, 5.74) is 1.70. The summed E-state index contributed by atoms with van der Waals surface area (Å²) < 4.78 is 0. The van der Waals surface area contributed by atoms with E-state index in [4.69, 9.17) is 5.84 Å². The molecule has 0 radical (unpaired) electrons. The lowest BCUT2D eigenvalue weighted by molar-refractivity contribution is -0.128. The molecule has 0 aliphatic rings. The molecule has 0 spiro atoms. The fraction of sp³-hybridized carbons (Fsp3) is 0.800. The van der Waals surface area contributed by atoms with E-state index in [1.807, 2.05) is 0 Å². The molecule has 0 aromatic rings. The first kappa shape index (κ1) is 11.5. The highest BCUT2D eigenvalue weighted by molar-refractivity contribution is 5.85. The van der Waals surface area contributed by atoms with Crippen molar-refractivity contribution in [1.29, 1.82) is 0 Å². The zero-order chi connectivity index (χ0) is 6.78. The Morgan fingerprint density at radius 1 is 1.44 bits per heavy atom. The van der Waals surface area contributed by atoms with Crippen molar-refractivity contribution in [1.82, 2.24) is 5.43 Å². The number of hydrogen-bond donors (Lipinski definition) is 2. The molecule has 0 rings (SSSR count). The van der Waals surface area contributed by atoms with Gasteiger partial charge in [-0.1, -0.05) is 20.8 Å². The second-order valence-electron chi connectivity index (χ2n) is 2.72. The number of amides is 1. The van der Waals surface area contributed by atoms with Gasteiger partial charge in [0.15, 0.2) is 0 Å². The smallest absolute Gasteiger partial charge is 0.239 e. The van der Waals surface area contributed by atoms with Crippen LogP contribution in [0, 0.1) is 5.41 Å². The SMILES string of the molecule is CC(C)(C)C(=O)NN.Cl. The van der Waals surface area contributed by atoms with Crippen molar-refractivity contribution in [2.45, 2.75) is 20.8 Å². The minimum absolute atomic E-state index is 0. The van der Waals surface area contributed by atoms with Crippen molar-refractivity contribution in [3.05, 3.63) is 0 Å². The number of halogens is 1. The van der Waals surface area contributed by atoms with Gasteiger partial charge >= 0.3 is 0 Å². The Bertz CT molecular complexity index is 97.6. The van der Waals surface area contributed by atoms with Gasteiger partial charge in [0.25, 0.3) is 0 Å². The summed E-state index contributed by atoms with van der Waals surface area (Å²) in [6, 6.07) is 0. The summed E-state index contributed by atoms with van der Waals surface area (Å²) in [7, 11) is 0. The Hall–Kier alpha value is -0.280. The Kier molecular flexibility index (Phi) is 4.72. The Morgan fingerprint density at radius 3 is 1.78 bits per heavy atom. The van der Waals surface area contributed by atoms with Gasteiger partial charge in [-0.25, -0.2) is 5.84 Å². The van der Waals surface area contributed by atoms with Crippen LogP contribution >= 0.6 is 12.4 Å². The van der Waals surface area contributed by atoms with Gasteiger partial charge in [0.2, 0.25) is 5.91 Å². The number of hydrazine groups is 1. The molecule has 0 unspecified atom stereocenters. The third-order valence-electron chi connectivity index (χ3n) is 0.812. The highest BCUT2D eigenvalue weighted by Crippen LogP contribution is 2.10. The van der Waals surface area contributed by atoms with E-state index in [9.17, 15) is 4.79 Å². The van der Waals surface area contributed by atoms with Crippen LogP contribution in [0.4, 0.5) is 0 Å². The molecular formula is C5H13ClN2O. The standard InChI is InChI=1S/C5H12N2O.ClH/c1-5(2,3)4(8)7-6;/h6H2,1-3H3,(H,7,8);1H. The van der Waals surface area contributed by atoms with Crippen LogP contribution in [0.15, 0.2) is 0 Å². The normalized spacial score (nSPS) is 9.78. The topological polar surface area (TPSA) is 55.1 Å². The maximum atomic E-state index is 10.6. The van der Waals surface area contributed by atoms with Crippen molar-refractivity contribution in [2.24, 2.45) is 11.3 Å². The van der Waals surface area contributed by atoms with E-state index in [0.29, 0.717) is 0 Å². The first-order valence-corrected chi connectivity index (χ1v) is 2.49. The van der Waals surface area contributed by atoms with Crippen LogP contribution in [0.25, 0.3) is 0 Å². The van der Waals surface area contributed by atoms with Crippen molar-refractivity contribution in [2.75, 3.05) is 0 Å². The van der Waals surface area contributed by atoms with Crippen LogP contribution < -0.4 is 11.3 Å². The molecular weight excluding hydrogens is 140 g/mol. The molecule has 0 atom stereocenters. The van der Waals surface area contributed by atoms with Gasteiger partial charge in [0.1, 0.15) is 0 Å². The number of nitrogens with two attached hydrogens (primary N) is 1. The first-order chi connectivity index (χ1) is 3.48. The third-order valence-corrected chi connectivity index (χ3v) is 0.812. The molecule has 0 saturated carbocycles. The lowest BCUT2D eigenvalue weighted by atomic mass is 9.96. The molecule has 0 fully saturated rings. The van der Waals surface area contributed by atoms with E-state index in [-0.39, 0.29) is 23.7 Å². The average molecular weight is 153 g/mol. The third kappa shape index (κ3) is 4.24. The lowest BCUT2D eigenvalue weighted by Crippen LogP contribution is -2.39. The Balaban J connectivity index is 0. The molecule has 9 heavy (non-hydrogen) atoms. The van der Waals surface area contributed by atoms with E-state index in [1.54, 1.807) is 20.8 Å². The average Bonchev–Trinajstić information content (AvgIpc) is 1.62. The van der Waals surface area contributed by atoms with E-state index < -0.39 is 0 Å². The Labute approximate surface area is 61.4 Å². The van der Waals surface area contributed by atoms with E-state index in [1.165, 1.54) is 0 Å². The molecule has 56 valence electrons. The fourth-order valence-electron chi connectivity index (χ4n) is 0.217.